The van der Waals surface area contributed by atoms with E-state index in [0.29, 0.717) is 18.2 Å². The van der Waals surface area contributed by atoms with Crippen LogP contribution in [0, 0.1) is 6.92 Å². The average molecular weight is 338 g/mol. The summed E-state index contributed by atoms with van der Waals surface area (Å²) in [7, 11) is -10.3. The lowest BCUT2D eigenvalue weighted by molar-refractivity contribution is 0.422. The molecule has 0 aliphatic rings. The minimum atomic E-state index is -5.15. The first-order valence-electron chi connectivity index (χ1n) is 5.94. The molecule has 0 radical (unpaired) electrons. The van der Waals surface area contributed by atoms with Crippen LogP contribution in [0.4, 0.5) is 11.4 Å². The Morgan fingerprint density at radius 1 is 1.19 bits per heavy atom. The van der Waals surface area contributed by atoms with Crippen molar-refractivity contribution in [2.24, 2.45) is 0 Å². The Morgan fingerprint density at radius 3 is 2.00 bits per heavy atom. The second kappa shape index (κ2) is 5.44. The lowest BCUT2D eigenvalue weighted by Gasteiger charge is -2.37. The number of hydrogen-bond acceptors (Lipinski definition) is 6. The summed E-state index contributed by atoms with van der Waals surface area (Å²) >= 11 is 0. The van der Waals surface area contributed by atoms with E-state index in [0.717, 1.165) is 4.90 Å². The van der Waals surface area contributed by atoms with Crippen LogP contribution >= 0.6 is 0 Å². The summed E-state index contributed by atoms with van der Waals surface area (Å²) in [4.78, 5) is 0.865. The SMILES string of the molecule is CCN(c1ccc(N)c(C)c1)C(C)(S(=O)(=O)O)S(=O)(=O)O. The number of rotatable bonds is 5. The fourth-order valence-electron chi connectivity index (χ4n) is 1.94. The Kier molecular flexibility index (Phi) is 4.59. The molecule has 8 nitrogen and oxygen atoms in total. The minimum absolute atomic E-state index is 0.0978. The number of nitrogens with two attached hydrogens (primary N) is 1. The molecule has 120 valence electrons. The van der Waals surface area contributed by atoms with Crippen LogP contribution in [0.5, 0.6) is 0 Å². The molecule has 0 spiro atoms. The number of hydrogen-bond donors (Lipinski definition) is 3. The van der Waals surface area contributed by atoms with E-state index in [4.69, 9.17) is 5.73 Å². The third kappa shape index (κ3) is 2.98. The largest absolute Gasteiger partial charge is 0.399 e. The van der Waals surface area contributed by atoms with Gasteiger partial charge in [0.15, 0.2) is 0 Å². The van der Waals surface area contributed by atoms with Gasteiger partial charge in [-0.15, -0.1) is 0 Å². The molecule has 0 heterocycles. The van der Waals surface area contributed by atoms with Crippen molar-refractivity contribution < 1.29 is 25.9 Å². The summed E-state index contributed by atoms with van der Waals surface area (Å²) in [6, 6.07) is 4.34. The van der Waals surface area contributed by atoms with Crippen LogP contribution in [0.2, 0.25) is 0 Å². The Labute approximate surface area is 124 Å². The first-order chi connectivity index (χ1) is 9.36. The Hall–Kier alpha value is -1.36. The predicted octanol–water partition coefficient (Wildman–Crippen LogP) is 0.853. The third-order valence-electron chi connectivity index (χ3n) is 3.33. The molecule has 0 aromatic heterocycles. The number of nitrogen functional groups attached to an aromatic ring is 1. The van der Waals surface area contributed by atoms with Gasteiger partial charge in [-0.3, -0.25) is 9.11 Å². The van der Waals surface area contributed by atoms with Crippen LogP contribution < -0.4 is 10.6 Å². The van der Waals surface area contributed by atoms with Gasteiger partial charge in [-0.05, 0) is 44.5 Å². The number of benzene rings is 1. The van der Waals surface area contributed by atoms with E-state index in [1.165, 1.54) is 25.1 Å². The van der Waals surface area contributed by atoms with Gasteiger partial charge in [-0.25, -0.2) is 0 Å². The van der Waals surface area contributed by atoms with E-state index in [1.54, 1.807) is 6.92 Å². The molecule has 0 saturated heterocycles. The highest BCUT2D eigenvalue weighted by molar-refractivity contribution is 8.05. The average Bonchev–Trinajstić information content (AvgIpc) is 2.31. The van der Waals surface area contributed by atoms with E-state index in [1.807, 2.05) is 0 Å². The van der Waals surface area contributed by atoms with Gasteiger partial charge in [0, 0.05) is 17.9 Å². The van der Waals surface area contributed by atoms with Gasteiger partial charge in [0.1, 0.15) is 0 Å². The highest BCUT2D eigenvalue weighted by Crippen LogP contribution is 2.33. The van der Waals surface area contributed by atoms with E-state index >= 15 is 0 Å². The maximum Gasteiger partial charge on any atom is 0.306 e. The highest BCUT2D eigenvalue weighted by Gasteiger charge is 2.55. The van der Waals surface area contributed by atoms with Crippen molar-refractivity contribution in [2.45, 2.75) is 25.0 Å². The summed E-state index contributed by atoms with van der Waals surface area (Å²) in [5.41, 5.74) is 6.88. The molecule has 10 heteroatoms. The molecule has 0 saturated carbocycles. The van der Waals surface area contributed by atoms with Crippen LogP contribution in [0.15, 0.2) is 18.2 Å². The number of anilines is 2. The summed E-state index contributed by atoms with van der Waals surface area (Å²) in [6.45, 7) is 3.76. The summed E-state index contributed by atoms with van der Waals surface area (Å²) in [5, 5.41) is 0. The van der Waals surface area contributed by atoms with Crippen molar-refractivity contribution in [3.05, 3.63) is 23.8 Å². The maximum absolute atomic E-state index is 11.6. The molecule has 0 aliphatic carbocycles. The van der Waals surface area contributed by atoms with Crippen LogP contribution in [-0.2, 0) is 20.2 Å². The van der Waals surface area contributed by atoms with Gasteiger partial charge in [0.25, 0.3) is 4.20 Å². The highest BCUT2D eigenvalue weighted by atomic mass is 32.3. The molecule has 1 aromatic rings. The molecule has 1 rings (SSSR count). The van der Waals surface area contributed by atoms with Crippen molar-refractivity contribution >= 4 is 31.6 Å². The fourth-order valence-corrected chi connectivity index (χ4v) is 4.03. The molecule has 4 N–H and O–H groups in total. The fraction of sp³-hybridized carbons (Fsp3) is 0.455. The zero-order valence-corrected chi connectivity index (χ0v) is 13.4. The molecule has 0 unspecified atom stereocenters. The lowest BCUT2D eigenvalue weighted by atomic mass is 10.1. The molecule has 0 amide bonds. The van der Waals surface area contributed by atoms with E-state index in [2.05, 4.69) is 0 Å². The monoisotopic (exact) mass is 338 g/mol. The minimum Gasteiger partial charge on any atom is -0.399 e. The topological polar surface area (TPSA) is 138 Å². The molecule has 1 aromatic carbocycles. The Bertz CT molecular complexity index is 710. The molecular formula is C11H18N2O6S2. The van der Waals surface area contributed by atoms with E-state index in [-0.39, 0.29) is 12.2 Å². The second-order valence-corrected chi connectivity index (χ2v) is 8.38. The summed E-state index contributed by atoms with van der Waals surface area (Å²) < 4.78 is 62.0. The lowest BCUT2D eigenvalue weighted by Crippen LogP contribution is -2.57. The van der Waals surface area contributed by atoms with Crippen molar-refractivity contribution in [2.75, 3.05) is 17.2 Å². The first kappa shape index (κ1) is 17.7. The van der Waals surface area contributed by atoms with Crippen LogP contribution in [0.25, 0.3) is 0 Å². The quantitative estimate of drug-likeness (QED) is 0.530. The van der Waals surface area contributed by atoms with Gasteiger partial charge in [-0.1, -0.05) is 0 Å². The van der Waals surface area contributed by atoms with Gasteiger partial charge in [-0.2, -0.15) is 16.8 Å². The van der Waals surface area contributed by atoms with E-state index in [9.17, 15) is 25.9 Å². The molecule has 0 fully saturated rings. The number of nitrogens with zero attached hydrogens (tertiary/aromatic N) is 1. The van der Waals surface area contributed by atoms with Gasteiger partial charge < -0.3 is 10.6 Å². The number of aryl methyl sites for hydroxylation is 1. The van der Waals surface area contributed by atoms with Crippen molar-refractivity contribution in [3.8, 4) is 0 Å². The third-order valence-corrected chi connectivity index (χ3v) is 6.95. The van der Waals surface area contributed by atoms with Gasteiger partial charge >= 0.3 is 20.2 Å². The van der Waals surface area contributed by atoms with Crippen molar-refractivity contribution in [1.82, 2.24) is 0 Å². The predicted molar refractivity (Wildman–Crippen MR) is 80.1 cm³/mol. The van der Waals surface area contributed by atoms with E-state index < -0.39 is 24.4 Å². The molecule has 0 atom stereocenters. The standard InChI is InChI=1S/C11H18N2O6S2/c1-4-13(9-5-6-10(12)8(2)7-9)11(3,20(14,15)16)21(17,18)19/h5-7H,4,12H2,1-3H3,(H,14,15,16)(H,17,18,19). The van der Waals surface area contributed by atoms with Crippen LogP contribution in [-0.4, -0.2) is 36.7 Å². The van der Waals surface area contributed by atoms with Crippen LogP contribution in [0.3, 0.4) is 0 Å². The van der Waals surface area contributed by atoms with Crippen LogP contribution in [0.1, 0.15) is 19.4 Å². The smallest absolute Gasteiger partial charge is 0.306 e. The Balaban J connectivity index is 3.65. The molecule has 21 heavy (non-hydrogen) atoms. The zero-order valence-electron chi connectivity index (χ0n) is 11.8. The normalized spacial score (nSPS) is 13.2. The summed E-state index contributed by atoms with van der Waals surface area (Å²) in [5.74, 6) is 0. The zero-order chi connectivity index (χ0) is 16.6. The van der Waals surface area contributed by atoms with Gasteiger partial charge in [0.05, 0.1) is 0 Å². The second-order valence-electron chi connectivity index (χ2n) is 4.63. The molecule has 0 aliphatic heterocycles. The van der Waals surface area contributed by atoms with Crippen molar-refractivity contribution in [1.29, 1.82) is 0 Å². The molecular weight excluding hydrogens is 320 g/mol. The Morgan fingerprint density at radius 2 is 1.67 bits per heavy atom. The van der Waals surface area contributed by atoms with Crippen molar-refractivity contribution in [3.63, 3.8) is 0 Å². The maximum atomic E-state index is 11.6. The molecule has 0 bridgehead atoms. The first-order valence-corrected chi connectivity index (χ1v) is 8.82. The summed E-state index contributed by atoms with van der Waals surface area (Å²) in [6.07, 6.45) is 0. The van der Waals surface area contributed by atoms with Gasteiger partial charge in [0.2, 0.25) is 0 Å².